The third-order valence-electron chi connectivity index (χ3n) is 1.91. The van der Waals surface area contributed by atoms with Crippen molar-refractivity contribution in [2.24, 2.45) is 0 Å². The molecular weight excluding hydrogens is 200 g/mol. The minimum atomic E-state index is -0.431. The molecule has 0 fully saturated rings. The molecule has 0 aliphatic heterocycles. The van der Waals surface area contributed by atoms with E-state index in [-0.39, 0.29) is 0 Å². The Morgan fingerprint density at radius 3 is 2.86 bits per heavy atom. The van der Waals surface area contributed by atoms with Gasteiger partial charge in [-0.05, 0) is 18.4 Å². The fraction of sp³-hybridized carbons (Fsp3) is 0.111. The van der Waals surface area contributed by atoms with Crippen LogP contribution in [-0.4, -0.2) is 21.2 Å². The van der Waals surface area contributed by atoms with Gasteiger partial charge in [0.2, 0.25) is 5.16 Å². The first-order valence-corrected chi connectivity index (χ1v) is 5.21. The van der Waals surface area contributed by atoms with Crippen LogP contribution in [0, 0.1) is 0 Å². The van der Waals surface area contributed by atoms with Gasteiger partial charge in [0.25, 0.3) is 5.56 Å². The van der Waals surface area contributed by atoms with Crippen molar-refractivity contribution in [1.29, 1.82) is 0 Å². The lowest BCUT2D eigenvalue weighted by molar-refractivity contribution is 0.146. The lowest BCUT2D eigenvalue weighted by atomic mass is 10.2. The molecule has 0 radical (unpaired) electrons. The molecule has 0 aliphatic rings. The zero-order chi connectivity index (χ0) is 10.1. The van der Waals surface area contributed by atoms with Gasteiger partial charge in [0.05, 0.1) is 10.9 Å². The molecule has 2 aromatic rings. The van der Waals surface area contributed by atoms with E-state index in [1.165, 1.54) is 11.8 Å². The molecule has 4 nitrogen and oxygen atoms in total. The van der Waals surface area contributed by atoms with Gasteiger partial charge >= 0.3 is 0 Å². The topological polar surface area (TPSA) is 55.1 Å². The number of nitrogens with zero attached hydrogens (tertiary/aromatic N) is 2. The first-order chi connectivity index (χ1) is 6.74. The van der Waals surface area contributed by atoms with Crippen molar-refractivity contribution in [1.82, 2.24) is 9.71 Å². The normalized spacial score (nSPS) is 10.6. The molecule has 1 aromatic carbocycles. The predicted octanol–water partition coefficient (Wildman–Crippen LogP) is 1.36. The maximum atomic E-state index is 11.6. The second-order valence-corrected chi connectivity index (χ2v) is 3.51. The maximum absolute atomic E-state index is 11.6. The summed E-state index contributed by atoms with van der Waals surface area (Å²) in [5.74, 6) is 0. The van der Waals surface area contributed by atoms with Crippen LogP contribution in [0.3, 0.4) is 0 Å². The van der Waals surface area contributed by atoms with Crippen molar-refractivity contribution < 1.29 is 5.21 Å². The van der Waals surface area contributed by atoms with Gasteiger partial charge < -0.3 is 5.21 Å². The van der Waals surface area contributed by atoms with E-state index in [0.717, 1.165) is 0 Å². The Kier molecular flexibility index (Phi) is 2.17. The summed E-state index contributed by atoms with van der Waals surface area (Å²) < 4.78 is 0.576. The molecule has 0 atom stereocenters. The Balaban J connectivity index is 2.92. The van der Waals surface area contributed by atoms with E-state index in [1.54, 1.807) is 30.5 Å². The van der Waals surface area contributed by atoms with Crippen LogP contribution < -0.4 is 5.56 Å². The van der Waals surface area contributed by atoms with Crippen LogP contribution >= 0.6 is 11.8 Å². The monoisotopic (exact) mass is 208 g/mol. The summed E-state index contributed by atoms with van der Waals surface area (Å²) in [5, 5.41) is 10.1. The number of para-hydroxylation sites is 1. The Morgan fingerprint density at radius 1 is 1.43 bits per heavy atom. The van der Waals surface area contributed by atoms with E-state index in [4.69, 9.17) is 0 Å². The van der Waals surface area contributed by atoms with Crippen LogP contribution in [0.4, 0.5) is 0 Å². The quantitative estimate of drug-likeness (QED) is 0.436. The molecule has 0 aliphatic carbocycles. The minimum absolute atomic E-state index is 0.300. The number of fused-ring (bicyclic) bond motifs is 1. The van der Waals surface area contributed by atoms with Crippen molar-refractivity contribution >= 4 is 22.7 Å². The van der Waals surface area contributed by atoms with Crippen LogP contribution in [0.5, 0.6) is 0 Å². The lowest BCUT2D eigenvalue weighted by Crippen LogP contribution is -2.20. The largest absolute Gasteiger partial charge is 0.423 e. The fourth-order valence-electron chi connectivity index (χ4n) is 1.24. The molecule has 0 amide bonds. The number of thioether (sulfide) groups is 1. The summed E-state index contributed by atoms with van der Waals surface area (Å²) in [4.78, 5) is 15.7. The SMILES string of the molecule is CSc1nc2ccccc2c(=O)n1O. The van der Waals surface area contributed by atoms with Crippen LogP contribution in [-0.2, 0) is 0 Å². The average Bonchev–Trinajstić information content (AvgIpc) is 2.23. The Labute approximate surface area is 84.2 Å². The van der Waals surface area contributed by atoms with Gasteiger partial charge in [0.1, 0.15) is 0 Å². The Bertz CT molecular complexity index is 536. The molecular formula is C9H8N2O2S. The van der Waals surface area contributed by atoms with Gasteiger partial charge in [0.15, 0.2) is 0 Å². The highest BCUT2D eigenvalue weighted by Gasteiger charge is 2.07. The maximum Gasteiger partial charge on any atom is 0.294 e. The third-order valence-corrected chi connectivity index (χ3v) is 2.54. The van der Waals surface area contributed by atoms with Gasteiger partial charge in [-0.1, -0.05) is 23.9 Å². The molecule has 72 valence electrons. The molecule has 0 unspecified atom stereocenters. The van der Waals surface area contributed by atoms with Crippen molar-refractivity contribution in [3.05, 3.63) is 34.6 Å². The lowest BCUT2D eigenvalue weighted by Gasteiger charge is -2.03. The highest BCUT2D eigenvalue weighted by Crippen LogP contribution is 2.13. The van der Waals surface area contributed by atoms with Crippen molar-refractivity contribution in [2.45, 2.75) is 5.16 Å². The van der Waals surface area contributed by atoms with Gasteiger partial charge in [-0.25, -0.2) is 4.98 Å². The molecule has 0 saturated carbocycles. The van der Waals surface area contributed by atoms with Crippen LogP contribution in [0.15, 0.2) is 34.2 Å². The molecule has 1 heterocycles. The average molecular weight is 208 g/mol. The van der Waals surface area contributed by atoms with Crippen LogP contribution in [0.1, 0.15) is 0 Å². The first-order valence-electron chi connectivity index (χ1n) is 3.99. The summed E-state index contributed by atoms with van der Waals surface area (Å²) in [7, 11) is 0. The van der Waals surface area contributed by atoms with Gasteiger partial charge in [-0.3, -0.25) is 4.79 Å². The van der Waals surface area contributed by atoms with Gasteiger partial charge in [-0.2, -0.15) is 0 Å². The van der Waals surface area contributed by atoms with Gasteiger partial charge in [-0.15, -0.1) is 4.73 Å². The highest BCUT2D eigenvalue weighted by molar-refractivity contribution is 7.98. The molecule has 5 heteroatoms. The van der Waals surface area contributed by atoms with E-state index >= 15 is 0 Å². The summed E-state index contributed by atoms with van der Waals surface area (Å²) in [6.45, 7) is 0. The summed E-state index contributed by atoms with van der Waals surface area (Å²) >= 11 is 1.23. The van der Waals surface area contributed by atoms with Gasteiger partial charge in [0, 0.05) is 0 Å². The number of hydrogen-bond donors (Lipinski definition) is 1. The molecule has 2 rings (SSSR count). The number of rotatable bonds is 1. The van der Waals surface area contributed by atoms with E-state index < -0.39 is 5.56 Å². The van der Waals surface area contributed by atoms with Crippen molar-refractivity contribution in [3.8, 4) is 0 Å². The third kappa shape index (κ3) is 1.26. The minimum Gasteiger partial charge on any atom is -0.423 e. The van der Waals surface area contributed by atoms with E-state index in [1.807, 2.05) is 0 Å². The molecule has 14 heavy (non-hydrogen) atoms. The number of benzene rings is 1. The van der Waals surface area contributed by atoms with E-state index in [2.05, 4.69) is 4.98 Å². The zero-order valence-electron chi connectivity index (χ0n) is 7.47. The first kappa shape index (κ1) is 9.08. The standard InChI is InChI=1S/C9H8N2O2S/c1-14-9-10-7-5-3-2-4-6(7)8(12)11(9)13/h2-5,13H,1H3. The van der Waals surface area contributed by atoms with E-state index in [0.29, 0.717) is 20.8 Å². The predicted molar refractivity (Wildman–Crippen MR) is 55.0 cm³/mol. The number of hydrogen-bond acceptors (Lipinski definition) is 4. The second-order valence-electron chi connectivity index (χ2n) is 2.73. The molecule has 1 N–H and O–H groups in total. The van der Waals surface area contributed by atoms with E-state index in [9.17, 15) is 10.0 Å². The van der Waals surface area contributed by atoms with Crippen molar-refractivity contribution in [2.75, 3.05) is 6.26 Å². The van der Waals surface area contributed by atoms with Crippen LogP contribution in [0.2, 0.25) is 0 Å². The number of aromatic nitrogens is 2. The fourth-order valence-corrected chi connectivity index (χ4v) is 1.68. The second kappa shape index (κ2) is 3.34. The zero-order valence-corrected chi connectivity index (χ0v) is 8.28. The molecule has 0 saturated heterocycles. The molecule has 0 spiro atoms. The molecule has 1 aromatic heterocycles. The highest BCUT2D eigenvalue weighted by atomic mass is 32.2. The summed E-state index contributed by atoms with van der Waals surface area (Å²) in [5.41, 5.74) is 0.173. The van der Waals surface area contributed by atoms with Crippen LogP contribution in [0.25, 0.3) is 10.9 Å². The Hall–Kier alpha value is -1.49. The van der Waals surface area contributed by atoms with Crippen molar-refractivity contribution in [3.63, 3.8) is 0 Å². The molecule has 0 bridgehead atoms. The smallest absolute Gasteiger partial charge is 0.294 e. The summed E-state index contributed by atoms with van der Waals surface area (Å²) in [6.07, 6.45) is 1.75. The Morgan fingerprint density at radius 2 is 2.14 bits per heavy atom. The summed E-state index contributed by atoms with van der Waals surface area (Å²) in [6, 6.07) is 6.93.